The molecule has 0 aromatic rings. The highest BCUT2D eigenvalue weighted by Crippen LogP contribution is 2.41. The minimum absolute atomic E-state index is 0.00758. The topological polar surface area (TPSA) is 12.5 Å². The van der Waals surface area contributed by atoms with E-state index in [1.807, 2.05) is 12.3 Å². The number of hydrogen-bond donors (Lipinski definition) is 0. The van der Waals surface area contributed by atoms with E-state index in [4.69, 9.17) is 4.74 Å². The van der Waals surface area contributed by atoms with Crippen LogP contribution < -0.4 is 0 Å². The molecule has 20 heavy (non-hydrogen) atoms. The van der Waals surface area contributed by atoms with Gasteiger partial charge in [-0.2, -0.15) is 0 Å². The predicted molar refractivity (Wildman–Crippen MR) is 78.6 cm³/mol. The number of hydrogen-bond acceptors (Lipinski definition) is 2. The predicted octanol–water partition coefficient (Wildman–Crippen LogP) is 4.23. The summed E-state index contributed by atoms with van der Waals surface area (Å²) in [6, 6.07) is 0. The first kappa shape index (κ1) is 13.5. The van der Waals surface area contributed by atoms with Crippen LogP contribution in [0.4, 0.5) is 4.39 Å². The number of ether oxygens (including phenoxy) is 1. The summed E-state index contributed by atoms with van der Waals surface area (Å²) in [5.41, 5.74) is 1.29. The molecule has 2 nitrogen and oxygen atoms in total. The Balaban J connectivity index is 1.74. The third-order valence-electron chi connectivity index (χ3n) is 4.71. The molecule has 3 rings (SSSR count). The van der Waals surface area contributed by atoms with Crippen LogP contribution in [-0.4, -0.2) is 23.6 Å². The molecule has 0 saturated carbocycles. The minimum Gasteiger partial charge on any atom is -0.491 e. The van der Waals surface area contributed by atoms with E-state index in [9.17, 15) is 4.39 Å². The van der Waals surface area contributed by atoms with Gasteiger partial charge in [0.15, 0.2) is 0 Å². The monoisotopic (exact) mass is 275 g/mol. The van der Waals surface area contributed by atoms with Crippen LogP contribution in [0.15, 0.2) is 48.2 Å². The van der Waals surface area contributed by atoms with Crippen LogP contribution in [0.25, 0.3) is 0 Å². The van der Waals surface area contributed by atoms with Crippen LogP contribution >= 0.6 is 0 Å². The van der Waals surface area contributed by atoms with Crippen molar-refractivity contribution in [3.63, 3.8) is 0 Å². The molecule has 1 aliphatic carbocycles. The van der Waals surface area contributed by atoms with Crippen molar-refractivity contribution < 1.29 is 9.13 Å². The molecule has 1 saturated heterocycles. The van der Waals surface area contributed by atoms with Crippen LogP contribution in [-0.2, 0) is 4.74 Å². The standard InChI is InChI=1S/C17H22FNO/c1-2-19-12-10-17(11-13-19)9-8-14-6-7-15(18)4-3-5-16(14)20-17/h2-4,7H,1,5-6,8-13H2/b4-3+,15-7+. The molecule has 2 aliphatic heterocycles. The van der Waals surface area contributed by atoms with E-state index in [0.29, 0.717) is 6.42 Å². The minimum atomic E-state index is -0.129. The third kappa shape index (κ3) is 2.67. The maximum absolute atomic E-state index is 13.3. The fourth-order valence-corrected chi connectivity index (χ4v) is 3.34. The maximum atomic E-state index is 13.3. The van der Waals surface area contributed by atoms with Gasteiger partial charge in [-0.25, -0.2) is 4.39 Å². The molecule has 1 fully saturated rings. The Kier molecular flexibility index (Phi) is 3.68. The molecular formula is C17H22FNO. The van der Waals surface area contributed by atoms with Crippen molar-refractivity contribution in [1.29, 1.82) is 0 Å². The lowest BCUT2D eigenvalue weighted by atomic mass is 9.82. The summed E-state index contributed by atoms with van der Waals surface area (Å²) < 4.78 is 19.7. The lowest BCUT2D eigenvalue weighted by Crippen LogP contribution is -2.45. The molecule has 0 N–H and O–H groups in total. The smallest absolute Gasteiger partial charge is 0.119 e. The molecule has 108 valence electrons. The van der Waals surface area contributed by atoms with Gasteiger partial charge >= 0.3 is 0 Å². The molecule has 0 atom stereocenters. The number of halogens is 1. The van der Waals surface area contributed by atoms with E-state index in [-0.39, 0.29) is 11.4 Å². The Bertz CT molecular complexity index is 481. The summed E-state index contributed by atoms with van der Waals surface area (Å²) in [6.07, 6.45) is 12.7. The molecule has 3 heteroatoms. The molecular weight excluding hydrogens is 253 g/mol. The Labute approximate surface area is 120 Å². The Morgan fingerprint density at radius 3 is 2.80 bits per heavy atom. The molecule has 0 bridgehead atoms. The molecule has 0 unspecified atom stereocenters. The number of allylic oxidation sites excluding steroid dienone is 5. The molecule has 0 aromatic carbocycles. The number of nitrogens with zero attached hydrogens (tertiary/aromatic N) is 1. The fourth-order valence-electron chi connectivity index (χ4n) is 3.34. The second-order valence-electron chi connectivity index (χ2n) is 5.93. The van der Waals surface area contributed by atoms with E-state index in [1.54, 1.807) is 12.2 Å². The molecule has 0 radical (unpaired) electrons. The SMILES string of the molecule is C=CN1CCC2(CCC3=C(C/C=C/C(F)=C\C3)O2)CC1. The summed E-state index contributed by atoms with van der Waals surface area (Å²) in [6.45, 7) is 5.89. The van der Waals surface area contributed by atoms with Crippen molar-refractivity contribution in [1.82, 2.24) is 4.90 Å². The average molecular weight is 275 g/mol. The van der Waals surface area contributed by atoms with Crippen molar-refractivity contribution in [3.05, 3.63) is 48.2 Å². The summed E-state index contributed by atoms with van der Waals surface area (Å²) in [7, 11) is 0. The number of piperidine rings is 1. The van der Waals surface area contributed by atoms with Crippen molar-refractivity contribution in [2.45, 2.75) is 44.1 Å². The zero-order chi connectivity index (χ0) is 14.0. The van der Waals surface area contributed by atoms with Crippen molar-refractivity contribution in [2.24, 2.45) is 0 Å². The molecule has 2 heterocycles. The normalized spacial score (nSPS) is 29.6. The summed E-state index contributed by atoms with van der Waals surface area (Å²) >= 11 is 0. The molecule has 0 aromatic heterocycles. The van der Waals surface area contributed by atoms with E-state index in [2.05, 4.69) is 11.5 Å². The highest BCUT2D eigenvalue weighted by molar-refractivity contribution is 5.26. The summed E-state index contributed by atoms with van der Waals surface area (Å²) in [5.74, 6) is 0.958. The van der Waals surface area contributed by atoms with Gasteiger partial charge in [0.1, 0.15) is 17.2 Å². The highest BCUT2D eigenvalue weighted by atomic mass is 19.1. The van der Waals surface area contributed by atoms with Gasteiger partial charge in [0.25, 0.3) is 0 Å². The van der Waals surface area contributed by atoms with Crippen LogP contribution in [0.5, 0.6) is 0 Å². The maximum Gasteiger partial charge on any atom is 0.119 e. The average Bonchev–Trinajstić information content (AvgIpc) is 2.45. The fraction of sp³-hybridized carbons (Fsp3) is 0.529. The Hall–Kier alpha value is -1.51. The van der Waals surface area contributed by atoms with Crippen LogP contribution in [0.2, 0.25) is 0 Å². The molecule has 1 spiro atoms. The highest BCUT2D eigenvalue weighted by Gasteiger charge is 2.39. The van der Waals surface area contributed by atoms with Gasteiger partial charge in [-0.3, -0.25) is 0 Å². The second kappa shape index (κ2) is 5.47. The largest absolute Gasteiger partial charge is 0.491 e. The zero-order valence-electron chi connectivity index (χ0n) is 11.9. The van der Waals surface area contributed by atoms with Crippen LogP contribution in [0, 0.1) is 0 Å². The van der Waals surface area contributed by atoms with Crippen LogP contribution in [0.3, 0.4) is 0 Å². The third-order valence-corrected chi connectivity index (χ3v) is 4.71. The van der Waals surface area contributed by atoms with Gasteiger partial charge in [0.2, 0.25) is 0 Å². The van der Waals surface area contributed by atoms with E-state index >= 15 is 0 Å². The van der Waals surface area contributed by atoms with Gasteiger partial charge in [-0.05, 0) is 43.2 Å². The first-order valence-corrected chi connectivity index (χ1v) is 7.49. The first-order valence-electron chi connectivity index (χ1n) is 7.49. The van der Waals surface area contributed by atoms with Gasteiger partial charge in [0, 0.05) is 32.4 Å². The second-order valence-corrected chi connectivity index (χ2v) is 5.93. The van der Waals surface area contributed by atoms with E-state index < -0.39 is 0 Å². The summed E-state index contributed by atoms with van der Waals surface area (Å²) in [4.78, 5) is 2.26. The van der Waals surface area contributed by atoms with Crippen molar-refractivity contribution in [3.8, 4) is 0 Å². The lowest BCUT2D eigenvalue weighted by Gasteiger charge is -2.45. The zero-order valence-corrected chi connectivity index (χ0v) is 11.9. The molecule has 0 amide bonds. The van der Waals surface area contributed by atoms with Gasteiger partial charge in [0.05, 0.1) is 0 Å². The summed E-state index contributed by atoms with van der Waals surface area (Å²) in [5, 5.41) is 0. The van der Waals surface area contributed by atoms with E-state index in [0.717, 1.165) is 51.0 Å². The van der Waals surface area contributed by atoms with Gasteiger partial charge < -0.3 is 9.64 Å². The van der Waals surface area contributed by atoms with Crippen molar-refractivity contribution in [2.75, 3.05) is 13.1 Å². The van der Waals surface area contributed by atoms with Gasteiger partial charge in [-0.1, -0.05) is 12.7 Å². The first-order chi connectivity index (χ1) is 9.71. The Morgan fingerprint density at radius 1 is 1.25 bits per heavy atom. The molecule has 3 aliphatic rings. The quantitative estimate of drug-likeness (QED) is 0.710. The van der Waals surface area contributed by atoms with Crippen molar-refractivity contribution >= 4 is 0 Å². The lowest BCUT2D eigenvalue weighted by molar-refractivity contribution is -0.0593. The van der Waals surface area contributed by atoms with E-state index in [1.165, 1.54) is 5.57 Å². The Morgan fingerprint density at radius 2 is 2.05 bits per heavy atom. The number of likely N-dealkylation sites (tertiary alicyclic amines) is 1. The van der Waals surface area contributed by atoms with Crippen LogP contribution in [0.1, 0.15) is 38.5 Å². The van der Waals surface area contributed by atoms with Gasteiger partial charge in [-0.15, -0.1) is 0 Å². The number of rotatable bonds is 1.